The third-order valence-corrected chi connectivity index (χ3v) is 3.87. The summed E-state index contributed by atoms with van der Waals surface area (Å²) in [6, 6.07) is 4.76. The number of rotatable bonds is 2. The predicted molar refractivity (Wildman–Crippen MR) is 65.6 cm³/mol. The lowest BCUT2D eigenvalue weighted by Gasteiger charge is -2.27. The predicted octanol–water partition coefficient (Wildman–Crippen LogP) is 4.20. The Morgan fingerprint density at radius 2 is 1.94 bits per heavy atom. The number of halogens is 2. The zero-order valence-electron chi connectivity index (χ0n) is 9.13. The second-order valence-electron chi connectivity index (χ2n) is 4.51. The van der Waals surface area contributed by atoms with Crippen LogP contribution >= 0.6 is 15.9 Å². The van der Waals surface area contributed by atoms with Crippen LogP contribution in [-0.4, -0.2) is 5.11 Å². The van der Waals surface area contributed by atoms with Crippen molar-refractivity contribution in [1.82, 2.24) is 0 Å². The third kappa shape index (κ3) is 2.64. The van der Waals surface area contributed by atoms with Gasteiger partial charge >= 0.3 is 0 Å². The SMILES string of the molecule is OC(c1cc(Br)ccc1F)C1CCCCC1. The fraction of sp³-hybridized carbons (Fsp3) is 0.538. The van der Waals surface area contributed by atoms with Crippen molar-refractivity contribution in [3.63, 3.8) is 0 Å². The Hall–Kier alpha value is -0.410. The second kappa shape index (κ2) is 5.28. The van der Waals surface area contributed by atoms with E-state index in [1.165, 1.54) is 12.5 Å². The monoisotopic (exact) mass is 286 g/mol. The van der Waals surface area contributed by atoms with E-state index < -0.39 is 6.10 Å². The Balaban J connectivity index is 2.18. The van der Waals surface area contributed by atoms with E-state index >= 15 is 0 Å². The summed E-state index contributed by atoms with van der Waals surface area (Å²) in [5.41, 5.74) is 0.432. The molecular formula is C13H16BrFO. The molecule has 2 rings (SSSR count). The number of hydrogen-bond donors (Lipinski definition) is 1. The maximum atomic E-state index is 13.6. The number of hydrogen-bond acceptors (Lipinski definition) is 1. The first kappa shape index (κ1) is 12.1. The third-order valence-electron chi connectivity index (χ3n) is 3.37. The van der Waals surface area contributed by atoms with E-state index in [1.54, 1.807) is 12.1 Å². The van der Waals surface area contributed by atoms with Crippen LogP contribution in [0, 0.1) is 11.7 Å². The molecule has 1 aliphatic rings. The van der Waals surface area contributed by atoms with Gasteiger partial charge in [0.1, 0.15) is 5.82 Å². The largest absolute Gasteiger partial charge is 0.388 e. The lowest BCUT2D eigenvalue weighted by Crippen LogP contribution is -2.17. The Kier molecular flexibility index (Phi) is 3.98. The van der Waals surface area contributed by atoms with E-state index in [0.29, 0.717) is 5.56 Å². The van der Waals surface area contributed by atoms with Crippen molar-refractivity contribution in [3.8, 4) is 0 Å². The molecular weight excluding hydrogens is 271 g/mol. The normalized spacial score (nSPS) is 19.7. The lowest BCUT2D eigenvalue weighted by atomic mass is 9.82. The van der Waals surface area contributed by atoms with Gasteiger partial charge in [0.15, 0.2) is 0 Å². The van der Waals surface area contributed by atoms with Crippen LogP contribution in [0.15, 0.2) is 22.7 Å². The maximum Gasteiger partial charge on any atom is 0.129 e. The van der Waals surface area contributed by atoms with Crippen molar-refractivity contribution in [2.24, 2.45) is 5.92 Å². The average molecular weight is 287 g/mol. The highest BCUT2D eigenvalue weighted by molar-refractivity contribution is 9.10. The molecule has 1 fully saturated rings. The van der Waals surface area contributed by atoms with E-state index in [1.807, 2.05) is 0 Å². The first-order chi connectivity index (χ1) is 7.68. The molecule has 1 unspecified atom stereocenters. The molecule has 1 aliphatic carbocycles. The minimum Gasteiger partial charge on any atom is -0.388 e. The van der Waals surface area contributed by atoms with Crippen molar-refractivity contribution in [3.05, 3.63) is 34.1 Å². The lowest BCUT2D eigenvalue weighted by molar-refractivity contribution is 0.0816. The van der Waals surface area contributed by atoms with E-state index in [0.717, 1.165) is 30.2 Å². The summed E-state index contributed by atoms with van der Waals surface area (Å²) < 4.78 is 14.4. The molecule has 0 radical (unpaired) electrons. The van der Waals surface area contributed by atoms with Crippen LogP contribution < -0.4 is 0 Å². The highest BCUT2D eigenvalue weighted by Gasteiger charge is 2.25. The Labute approximate surface area is 104 Å². The summed E-state index contributed by atoms with van der Waals surface area (Å²) in [4.78, 5) is 0. The quantitative estimate of drug-likeness (QED) is 0.864. The van der Waals surface area contributed by atoms with Crippen LogP contribution in [0.3, 0.4) is 0 Å². The van der Waals surface area contributed by atoms with Gasteiger partial charge in [0.05, 0.1) is 6.10 Å². The molecule has 0 heterocycles. The smallest absolute Gasteiger partial charge is 0.129 e. The molecule has 1 nitrogen and oxygen atoms in total. The summed E-state index contributed by atoms with van der Waals surface area (Å²) in [5.74, 6) is -0.0844. The molecule has 1 saturated carbocycles. The Bertz CT molecular complexity index is 361. The minimum absolute atomic E-state index is 0.220. The molecule has 1 aromatic carbocycles. The molecule has 1 aromatic rings. The van der Waals surface area contributed by atoms with Gasteiger partial charge in [0, 0.05) is 10.0 Å². The topological polar surface area (TPSA) is 20.2 Å². The molecule has 88 valence electrons. The minimum atomic E-state index is -0.655. The Morgan fingerprint density at radius 1 is 1.25 bits per heavy atom. The van der Waals surface area contributed by atoms with Crippen molar-refractivity contribution < 1.29 is 9.50 Å². The van der Waals surface area contributed by atoms with Gasteiger partial charge in [-0.3, -0.25) is 0 Å². The highest BCUT2D eigenvalue weighted by atomic mass is 79.9. The molecule has 0 saturated heterocycles. The van der Waals surface area contributed by atoms with Crippen LogP contribution in [0.25, 0.3) is 0 Å². The van der Waals surface area contributed by atoms with Gasteiger partial charge in [0.2, 0.25) is 0 Å². The van der Waals surface area contributed by atoms with Crippen LogP contribution in [0.2, 0.25) is 0 Å². The van der Waals surface area contributed by atoms with Gasteiger partial charge < -0.3 is 5.11 Å². The van der Waals surface area contributed by atoms with Gasteiger partial charge in [-0.25, -0.2) is 4.39 Å². The van der Waals surface area contributed by atoms with Crippen LogP contribution in [0.1, 0.15) is 43.8 Å². The molecule has 0 spiro atoms. The highest BCUT2D eigenvalue weighted by Crippen LogP contribution is 2.35. The fourth-order valence-electron chi connectivity index (χ4n) is 2.45. The van der Waals surface area contributed by atoms with Gasteiger partial charge in [0.25, 0.3) is 0 Å². The molecule has 0 bridgehead atoms. The zero-order valence-corrected chi connectivity index (χ0v) is 10.7. The molecule has 0 amide bonds. The van der Waals surface area contributed by atoms with Gasteiger partial charge in [-0.2, -0.15) is 0 Å². The summed E-state index contributed by atoms with van der Waals surface area (Å²) in [6.45, 7) is 0. The standard InChI is InChI=1S/C13H16BrFO/c14-10-6-7-12(15)11(8-10)13(16)9-4-2-1-3-5-9/h6-9,13,16H,1-5H2. The van der Waals surface area contributed by atoms with Crippen molar-refractivity contribution in [2.45, 2.75) is 38.2 Å². The Morgan fingerprint density at radius 3 is 2.62 bits per heavy atom. The van der Waals surface area contributed by atoms with Gasteiger partial charge in [-0.1, -0.05) is 35.2 Å². The zero-order chi connectivity index (χ0) is 11.5. The van der Waals surface area contributed by atoms with E-state index in [-0.39, 0.29) is 11.7 Å². The van der Waals surface area contributed by atoms with Crippen molar-refractivity contribution >= 4 is 15.9 Å². The molecule has 3 heteroatoms. The fourth-order valence-corrected chi connectivity index (χ4v) is 2.82. The molecule has 1 N–H and O–H groups in total. The average Bonchev–Trinajstić information content (AvgIpc) is 2.32. The molecule has 1 atom stereocenters. The number of aliphatic hydroxyl groups is 1. The molecule has 16 heavy (non-hydrogen) atoms. The summed E-state index contributed by atoms with van der Waals surface area (Å²) >= 11 is 3.31. The van der Waals surface area contributed by atoms with Crippen molar-refractivity contribution in [1.29, 1.82) is 0 Å². The van der Waals surface area contributed by atoms with E-state index in [4.69, 9.17) is 0 Å². The maximum absolute atomic E-state index is 13.6. The van der Waals surface area contributed by atoms with Crippen molar-refractivity contribution in [2.75, 3.05) is 0 Å². The number of benzene rings is 1. The summed E-state index contributed by atoms with van der Waals surface area (Å²) in [5, 5.41) is 10.2. The first-order valence-corrected chi connectivity index (χ1v) is 6.61. The van der Waals surface area contributed by atoms with Gasteiger partial charge in [-0.15, -0.1) is 0 Å². The van der Waals surface area contributed by atoms with E-state index in [2.05, 4.69) is 15.9 Å². The molecule has 0 aromatic heterocycles. The van der Waals surface area contributed by atoms with Gasteiger partial charge in [-0.05, 0) is 37.0 Å². The van der Waals surface area contributed by atoms with Crippen LogP contribution in [-0.2, 0) is 0 Å². The molecule has 0 aliphatic heterocycles. The number of aliphatic hydroxyl groups excluding tert-OH is 1. The second-order valence-corrected chi connectivity index (χ2v) is 5.42. The summed E-state index contributed by atoms with van der Waals surface area (Å²) in [6.07, 6.45) is 4.90. The summed E-state index contributed by atoms with van der Waals surface area (Å²) in [7, 11) is 0. The van der Waals surface area contributed by atoms with Crippen LogP contribution in [0.5, 0.6) is 0 Å². The van der Waals surface area contributed by atoms with E-state index in [9.17, 15) is 9.50 Å². The van der Waals surface area contributed by atoms with Crippen LogP contribution in [0.4, 0.5) is 4.39 Å². The first-order valence-electron chi connectivity index (χ1n) is 5.81.